The number of allylic oxidation sites excluding steroid dienone is 2. The van der Waals surface area contributed by atoms with Crippen LogP contribution in [0.1, 0.15) is 88.7 Å². The van der Waals surface area contributed by atoms with Crippen LogP contribution >= 0.6 is 0 Å². The summed E-state index contributed by atoms with van der Waals surface area (Å²) in [4.78, 5) is 0. The van der Waals surface area contributed by atoms with E-state index in [-0.39, 0.29) is 0 Å². The lowest BCUT2D eigenvalue weighted by atomic mass is 9.70. The maximum atomic E-state index is 8.86. The van der Waals surface area contributed by atoms with Crippen LogP contribution in [-0.2, 0) is 0 Å². The first-order valence-corrected chi connectivity index (χ1v) is 11.0. The van der Waals surface area contributed by atoms with Gasteiger partial charge in [-0.05, 0) is 79.7 Å². The third-order valence-electron chi connectivity index (χ3n) is 6.61. The van der Waals surface area contributed by atoms with Crippen LogP contribution in [0.5, 0.6) is 0 Å². The summed E-state index contributed by atoms with van der Waals surface area (Å²) in [7, 11) is 0. The summed E-state index contributed by atoms with van der Waals surface area (Å²) in [5.74, 6) is 9.49. The second-order valence-electron chi connectivity index (χ2n) is 8.48. The Morgan fingerprint density at radius 1 is 0.889 bits per heavy atom. The van der Waals surface area contributed by atoms with Crippen molar-refractivity contribution in [3.63, 3.8) is 0 Å². The first-order valence-electron chi connectivity index (χ1n) is 11.0. The van der Waals surface area contributed by atoms with E-state index in [2.05, 4.69) is 30.9 Å². The molecule has 0 aliphatic heterocycles. The van der Waals surface area contributed by atoms with Crippen LogP contribution < -0.4 is 0 Å². The summed E-state index contributed by atoms with van der Waals surface area (Å²) in [5, 5.41) is 8.86. The molecule has 0 radical (unpaired) electrons. The molecule has 2 aliphatic carbocycles. The molecule has 1 nitrogen and oxygen atoms in total. The lowest BCUT2D eigenvalue weighted by Crippen LogP contribution is -2.23. The van der Waals surface area contributed by atoms with Crippen molar-refractivity contribution < 1.29 is 0 Å². The number of hydrogen-bond acceptors (Lipinski definition) is 1. The molecule has 1 atom stereocenters. The van der Waals surface area contributed by atoms with Crippen molar-refractivity contribution in [3.05, 3.63) is 47.0 Å². The van der Waals surface area contributed by atoms with E-state index < -0.39 is 0 Å². The average molecular weight is 360 g/mol. The van der Waals surface area contributed by atoms with Gasteiger partial charge in [0.05, 0.1) is 11.6 Å². The van der Waals surface area contributed by atoms with E-state index >= 15 is 0 Å². The quantitative estimate of drug-likeness (QED) is 0.409. The smallest absolute Gasteiger partial charge is 0.0991 e. The molecule has 2 aliphatic rings. The van der Waals surface area contributed by atoms with Crippen LogP contribution in [0.4, 0.5) is 0 Å². The summed E-state index contributed by atoms with van der Waals surface area (Å²) < 4.78 is 0. The minimum atomic E-state index is 0.695. The Morgan fingerprint density at radius 3 is 2.26 bits per heavy atom. The van der Waals surface area contributed by atoms with Crippen LogP contribution in [0.2, 0.25) is 0 Å². The summed E-state index contributed by atoms with van der Waals surface area (Å²) in [6.45, 7) is 2.30. The normalized spacial score (nSPS) is 25.0. The largest absolute Gasteiger partial charge is 0.192 e. The fourth-order valence-corrected chi connectivity index (χ4v) is 4.81. The maximum Gasteiger partial charge on any atom is 0.0991 e. The second-order valence-corrected chi connectivity index (χ2v) is 8.48. The van der Waals surface area contributed by atoms with E-state index in [0.29, 0.717) is 5.56 Å². The van der Waals surface area contributed by atoms with Gasteiger partial charge < -0.3 is 0 Å². The Hall–Kier alpha value is -1.99. The third-order valence-corrected chi connectivity index (χ3v) is 6.61. The molecule has 0 aromatic heterocycles. The zero-order valence-electron chi connectivity index (χ0n) is 16.8. The molecule has 1 fully saturated rings. The van der Waals surface area contributed by atoms with E-state index in [1.54, 1.807) is 0 Å². The Balaban J connectivity index is 1.45. The molecule has 3 rings (SSSR count). The zero-order valence-corrected chi connectivity index (χ0v) is 16.8. The minimum Gasteiger partial charge on any atom is -0.192 e. The summed E-state index contributed by atoms with van der Waals surface area (Å²) >= 11 is 0. The van der Waals surface area contributed by atoms with Gasteiger partial charge in [0.25, 0.3) is 0 Å². The van der Waals surface area contributed by atoms with Crippen LogP contribution in [0, 0.1) is 40.9 Å². The molecule has 0 bridgehead atoms. The Labute approximate surface area is 165 Å². The van der Waals surface area contributed by atoms with Crippen molar-refractivity contribution in [3.8, 4) is 17.9 Å². The molecule has 1 aromatic rings. The summed E-state index contributed by atoms with van der Waals surface area (Å²) in [6.07, 6.45) is 17.6. The molecular formula is C26H33N. The van der Waals surface area contributed by atoms with Gasteiger partial charge in [-0.25, -0.2) is 0 Å². The molecule has 1 unspecified atom stereocenters. The summed E-state index contributed by atoms with van der Waals surface area (Å²) in [5.41, 5.74) is 3.00. The highest BCUT2D eigenvalue weighted by Crippen LogP contribution is 2.40. The number of nitriles is 1. The van der Waals surface area contributed by atoms with Crippen molar-refractivity contribution in [2.75, 3.05) is 0 Å². The first kappa shape index (κ1) is 19.8. The van der Waals surface area contributed by atoms with Gasteiger partial charge in [0.2, 0.25) is 0 Å². The van der Waals surface area contributed by atoms with Crippen molar-refractivity contribution in [1.82, 2.24) is 0 Å². The van der Waals surface area contributed by atoms with Gasteiger partial charge in [0, 0.05) is 5.56 Å². The van der Waals surface area contributed by atoms with Gasteiger partial charge in [0.1, 0.15) is 0 Å². The van der Waals surface area contributed by atoms with Crippen molar-refractivity contribution in [2.45, 2.75) is 77.6 Å². The monoisotopic (exact) mass is 359 g/mol. The van der Waals surface area contributed by atoms with E-state index in [4.69, 9.17) is 5.26 Å². The molecular weight excluding hydrogens is 326 g/mol. The van der Waals surface area contributed by atoms with Crippen LogP contribution in [0.25, 0.3) is 0 Å². The zero-order chi connectivity index (χ0) is 18.9. The van der Waals surface area contributed by atoms with Gasteiger partial charge in [-0.2, -0.15) is 5.26 Å². The average Bonchev–Trinajstić information content (AvgIpc) is 2.74. The standard InChI is InChI=1S/C26H33N/c1-2-3-4-5-21-12-16-25(17-13-21)26-18-14-23(15-19-26)7-6-22-8-10-24(20-27)11-9-22/h8-11,14,21,25-26H,2-5,12-13,15-19H2,1H3. The van der Waals surface area contributed by atoms with E-state index in [0.717, 1.165) is 29.7 Å². The molecule has 0 spiro atoms. The Morgan fingerprint density at radius 2 is 1.63 bits per heavy atom. The van der Waals surface area contributed by atoms with Crippen LogP contribution in [0.3, 0.4) is 0 Å². The molecule has 0 heterocycles. The maximum absolute atomic E-state index is 8.86. The molecule has 1 aromatic carbocycles. The van der Waals surface area contributed by atoms with Crippen molar-refractivity contribution in [2.24, 2.45) is 17.8 Å². The number of hydrogen-bond donors (Lipinski definition) is 0. The number of nitrogens with zero attached hydrogens (tertiary/aromatic N) is 1. The second kappa shape index (κ2) is 10.4. The SMILES string of the molecule is CCCCCC1CCC(C2CC=C(C#Cc3ccc(C#N)cc3)CC2)CC1. The molecule has 0 saturated heterocycles. The van der Waals surface area contributed by atoms with E-state index in [1.165, 1.54) is 69.8 Å². The van der Waals surface area contributed by atoms with Gasteiger partial charge >= 0.3 is 0 Å². The van der Waals surface area contributed by atoms with Crippen molar-refractivity contribution >= 4 is 0 Å². The molecule has 0 amide bonds. The van der Waals surface area contributed by atoms with Crippen LogP contribution in [-0.4, -0.2) is 0 Å². The highest BCUT2D eigenvalue weighted by Gasteiger charge is 2.28. The Bertz CT molecular complexity index is 714. The third kappa shape index (κ3) is 6.01. The topological polar surface area (TPSA) is 23.8 Å². The molecule has 142 valence electrons. The van der Waals surface area contributed by atoms with Crippen molar-refractivity contribution in [1.29, 1.82) is 5.26 Å². The molecule has 1 heteroatoms. The number of benzene rings is 1. The minimum absolute atomic E-state index is 0.695. The predicted octanol–water partition coefficient (Wildman–Crippen LogP) is 7.02. The Kier molecular flexibility index (Phi) is 7.59. The van der Waals surface area contributed by atoms with Gasteiger partial charge in [-0.3, -0.25) is 0 Å². The van der Waals surface area contributed by atoms with E-state index in [9.17, 15) is 0 Å². The lowest BCUT2D eigenvalue weighted by molar-refractivity contribution is 0.186. The van der Waals surface area contributed by atoms with Gasteiger partial charge in [-0.1, -0.05) is 63.4 Å². The molecule has 1 saturated carbocycles. The lowest BCUT2D eigenvalue weighted by Gasteiger charge is -2.35. The molecule has 0 N–H and O–H groups in total. The first-order chi connectivity index (χ1) is 13.3. The highest BCUT2D eigenvalue weighted by molar-refractivity contribution is 5.43. The fraction of sp³-hybridized carbons (Fsp3) is 0.577. The van der Waals surface area contributed by atoms with E-state index in [1.807, 2.05) is 24.3 Å². The van der Waals surface area contributed by atoms with Gasteiger partial charge in [-0.15, -0.1) is 0 Å². The fourth-order valence-electron chi connectivity index (χ4n) is 4.81. The number of rotatable bonds is 5. The summed E-state index contributed by atoms with van der Waals surface area (Å²) in [6, 6.07) is 9.72. The highest BCUT2D eigenvalue weighted by atomic mass is 14.3. The molecule has 27 heavy (non-hydrogen) atoms. The number of unbranched alkanes of at least 4 members (excludes halogenated alkanes) is 2. The predicted molar refractivity (Wildman–Crippen MR) is 113 cm³/mol. The van der Waals surface area contributed by atoms with Crippen LogP contribution in [0.15, 0.2) is 35.9 Å². The van der Waals surface area contributed by atoms with Gasteiger partial charge in [0.15, 0.2) is 0 Å².